The molecule has 3 rings (SSSR count). The van der Waals surface area contributed by atoms with Crippen molar-refractivity contribution in [2.24, 2.45) is 0 Å². The van der Waals surface area contributed by atoms with Gasteiger partial charge in [0.25, 0.3) is 10.0 Å². The van der Waals surface area contributed by atoms with Crippen molar-refractivity contribution in [3.05, 3.63) is 42.0 Å². The lowest BCUT2D eigenvalue weighted by atomic mass is 10.2. The summed E-state index contributed by atoms with van der Waals surface area (Å²) in [6.45, 7) is 1.96. The molecule has 166 valence electrons. The van der Waals surface area contributed by atoms with Crippen molar-refractivity contribution in [2.45, 2.75) is 30.8 Å². The van der Waals surface area contributed by atoms with Gasteiger partial charge < -0.3 is 15.4 Å². The lowest BCUT2D eigenvalue weighted by Gasteiger charge is -2.16. The van der Waals surface area contributed by atoms with Gasteiger partial charge in [-0.05, 0) is 42.8 Å². The van der Waals surface area contributed by atoms with Crippen molar-refractivity contribution in [1.29, 1.82) is 0 Å². The fourth-order valence-corrected chi connectivity index (χ4v) is 3.85. The summed E-state index contributed by atoms with van der Waals surface area (Å²) in [5.41, 5.74) is -1.19. The van der Waals surface area contributed by atoms with Gasteiger partial charge >= 0.3 is 6.18 Å². The Morgan fingerprint density at radius 1 is 1.03 bits per heavy atom. The Balaban J connectivity index is 1.98. The van der Waals surface area contributed by atoms with Crippen LogP contribution in [0.25, 0.3) is 0 Å². The van der Waals surface area contributed by atoms with Crippen molar-refractivity contribution in [1.82, 2.24) is 0 Å². The first-order valence-corrected chi connectivity index (χ1v) is 10.6. The van der Waals surface area contributed by atoms with E-state index in [2.05, 4.69) is 15.4 Å². The minimum absolute atomic E-state index is 0.0465. The maximum absolute atomic E-state index is 13.1. The molecule has 31 heavy (non-hydrogen) atoms. The number of rotatable bonds is 6. The lowest BCUT2D eigenvalue weighted by Crippen LogP contribution is -2.16. The Labute approximate surface area is 175 Å². The average molecular weight is 457 g/mol. The second-order valence-corrected chi connectivity index (χ2v) is 8.33. The number of nitrogens with one attached hydrogen (secondary N) is 3. The normalized spacial score (nSPS) is 14.2. The fraction of sp³-hybridized carbons (Fsp3) is 0.263. The minimum atomic E-state index is -4.68. The van der Waals surface area contributed by atoms with E-state index < -0.39 is 40.0 Å². The van der Waals surface area contributed by atoms with E-state index in [-0.39, 0.29) is 34.3 Å². The van der Waals surface area contributed by atoms with Crippen LogP contribution in [-0.4, -0.2) is 26.8 Å². The van der Waals surface area contributed by atoms with Gasteiger partial charge in [0, 0.05) is 0 Å². The van der Waals surface area contributed by atoms with E-state index in [4.69, 9.17) is 4.74 Å². The third-order valence-corrected chi connectivity index (χ3v) is 5.55. The van der Waals surface area contributed by atoms with Crippen LogP contribution in [0.2, 0.25) is 0 Å². The molecule has 0 spiro atoms. The van der Waals surface area contributed by atoms with Crippen molar-refractivity contribution < 1.29 is 35.9 Å². The van der Waals surface area contributed by atoms with Crippen LogP contribution in [0.4, 0.5) is 30.2 Å². The predicted octanol–water partition coefficient (Wildman–Crippen LogP) is 3.58. The Hall–Kier alpha value is -3.28. The van der Waals surface area contributed by atoms with Crippen LogP contribution < -0.4 is 20.1 Å². The molecular formula is C19H18F3N3O5S. The highest BCUT2D eigenvalue weighted by atomic mass is 32.2. The highest BCUT2D eigenvalue weighted by molar-refractivity contribution is 7.92. The highest BCUT2D eigenvalue weighted by Gasteiger charge is 2.32. The molecular weight excluding hydrogens is 439 g/mol. The molecule has 3 N–H and O–H groups in total. The Morgan fingerprint density at radius 2 is 1.71 bits per heavy atom. The molecule has 8 nitrogen and oxygen atoms in total. The zero-order valence-corrected chi connectivity index (χ0v) is 17.0. The molecule has 0 radical (unpaired) electrons. The fourth-order valence-electron chi connectivity index (χ4n) is 2.77. The number of carbonyl (C=O) groups excluding carboxylic acids is 2. The summed E-state index contributed by atoms with van der Waals surface area (Å²) in [6.07, 6.45) is -4.56. The smallest absolute Gasteiger partial charge is 0.416 e. The van der Waals surface area contributed by atoms with E-state index in [1.807, 2.05) is 0 Å². The molecule has 2 aromatic carbocycles. The van der Waals surface area contributed by atoms with E-state index in [9.17, 15) is 31.2 Å². The SMILES string of the molecule is CCCOc1ccc(C(F)(F)F)cc1NS(=O)(=O)c1ccc2c(c1)NC(=O)CC(=O)N2. The number of ether oxygens (including phenoxy) is 1. The third-order valence-electron chi connectivity index (χ3n) is 4.18. The second-order valence-electron chi connectivity index (χ2n) is 6.64. The number of sulfonamides is 1. The van der Waals surface area contributed by atoms with Crippen LogP contribution >= 0.6 is 0 Å². The summed E-state index contributed by atoms with van der Waals surface area (Å²) < 4.78 is 72.5. The highest BCUT2D eigenvalue weighted by Crippen LogP contribution is 2.36. The topological polar surface area (TPSA) is 114 Å². The minimum Gasteiger partial charge on any atom is -0.491 e. The van der Waals surface area contributed by atoms with Gasteiger partial charge in [0.2, 0.25) is 11.8 Å². The number of amides is 2. The van der Waals surface area contributed by atoms with Gasteiger partial charge in [0.1, 0.15) is 12.2 Å². The number of halogens is 3. The van der Waals surface area contributed by atoms with E-state index >= 15 is 0 Å². The maximum atomic E-state index is 13.1. The number of anilines is 3. The molecule has 1 heterocycles. The third kappa shape index (κ3) is 5.26. The molecule has 0 saturated heterocycles. The molecule has 12 heteroatoms. The van der Waals surface area contributed by atoms with Gasteiger partial charge in [-0.15, -0.1) is 0 Å². The molecule has 0 atom stereocenters. The number of hydrogen-bond donors (Lipinski definition) is 3. The van der Waals surface area contributed by atoms with Crippen LogP contribution in [0.3, 0.4) is 0 Å². The van der Waals surface area contributed by atoms with Crippen LogP contribution in [-0.2, 0) is 25.8 Å². The van der Waals surface area contributed by atoms with Gasteiger partial charge in [0.15, 0.2) is 0 Å². The average Bonchev–Trinajstić information content (AvgIpc) is 2.81. The standard InChI is InChI=1S/C19H18F3N3O5S/c1-2-7-30-16-6-3-11(19(20,21)22)8-15(16)25-31(28,29)12-4-5-13-14(9-12)24-18(27)10-17(26)23-13/h3-6,8-9,25H,2,7,10H2,1H3,(H,23,26)(H,24,27). The first-order chi connectivity index (χ1) is 14.5. The number of carbonyl (C=O) groups is 2. The van der Waals surface area contributed by atoms with Crippen LogP contribution in [0.1, 0.15) is 25.3 Å². The first kappa shape index (κ1) is 22.4. The van der Waals surface area contributed by atoms with Crippen LogP contribution in [0, 0.1) is 0 Å². The van der Waals surface area contributed by atoms with Gasteiger partial charge in [-0.1, -0.05) is 6.92 Å². The van der Waals surface area contributed by atoms with Gasteiger partial charge in [0.05, 0.1) is 34.1 Å². The zero-order valence-electron chi connectivity index (χ0n) is 16.2. The quantitative estimate of drug-likeness (QED) is 0.574. The van der Waals surface area contributed by atoms with Crippen molar-refractivity contribution in [2.75, 3.05) is 22.0 Å². The summed E-state index contributed by atoms with van der Waals surface area (Å²) >= 11 is 0. The second kappa shape index (κ2) is 8.46. The Kier molecular flexibility index (Phi) is 6.11. The summed E-state index contributed by atoms with van der Waals surface area (Å²) in [6, 6.07) is 6.01. The Bertz CT molecular complexity index is 1130. The van der Waals surface area contributed by atoms with E-state index in [0.717, 1.165) is 24.3 Å². The molecule has 0 bridgehead atoms. The lowest BCUT2D eigenvalue weighted by molar-refractivity contribution is -0.137. The molecule has 0 aromatic heterocycles. The molecule has 0 fully saturated rings. The summed E-state index contributed by atoms with van der Waals surface area (Å²) in [5, 5.41) is 4.86. The Morgan fingerprint density at radius 3 is 2.35 bits per heavy atom. The maximum Gasteiger partial charge on any atom is 0.416 e. The molecule has 0 aliphatic carbocycles. The molecule has 2 aromatic rings. The van der Waals surface area contributed by atoms with Gasteiger partial charge in [-0.25, -0.2) is 8.42 Å². The summed E-state index contributed by atoms with van der Waals surface area (Å²) in [4.78, 5) is 23.0. The van der Waals surface area contributed by atoms with Gasteiger partial charge in [-0.3, -0.25) is 14.3 Å². The zero-order chi connectivity index (χ0) is 22.8. The number of benzene rings is 2. The van der Waals surface area contributed by atoms with Gasteiger partial charge in [-0.2, -0.15) is 13.2 Å². The monoisotopic (exact) mass is 457 g/mol. The largest absolute Gasteiger partial charge is 0.491 e. The summed E-state index contributed by atoms with van der Waals surface area (Å²) in [7, 11) is -4.36. The van der Waals surface area contributed by atoms with Crippen molar-refractivity contribution in [3.63, 3.8) is 0 Å². The first-order valence-electron chi connectivity index (χ1n) is 9.10. The van der Waals surface area contributed by atoms with Crippen molar-refractivity contribution >= 4 is 38.9 Å². The number of hydrogen-bond acceptors (Lipinski definition) is 5. The van der Waals surface area contributed by atoms with Crippen molar-refractivity contribution in [3.8, 4) is 5.75 Å². The van der Waals surface area contributed by atoms with E-state index in [1.54, 1.807) is 6.92 Å². The predicted molar refractivity (Wildman–Crippen MR) is 106 cm³/mol. The van der Waals surface area contributed by atoms with Crippen LogP contribution in [0.5, 0.6) is 5.75 Å². The number of fused-ring (bicyclic) bond motifs is 1. The van der Waals surface area contributed by atoms with Crippen LogP contribution in [0.15, 0.2) is 41.3 Å². The molecule has 2 amide bonds. The van der Waals surface area contributed by atoms with E-state index in [1.165, 1.54) is 6.07 Å². The molecule has 1 aliphatic heterocycles. The molecule has 0 saturated carbocycles. The molecule has 0 unspecified atom stereocenters. The summed E-state index contributed by atoms with van der Waals surface area (Å²) in [5.74, 6) is -1.26. The van der Waals surface area contributed by atoms with E-state index in [0.29, 0.717) is 12.5 Å². The molecule has 1 aliphatic rings. The number of alkyl halides is 3.